The minimum absolute atomic E-state index is 0.0976. The summed E-state index contributed by atoms with van der Waals surface area (Å²) in [4.78, 5) is 16.4. The molecule has 26 heavy (non-hydrogen) atoms. The maximum Gasteiger partial charge on any atom is 0.321 e. The average Bonchev–Trinajstić information content (AvgIpc) is 2.64. The van der Waals surface area contributed by atoms with E-state index < -0.39 is 0 Å². The second-order valence-corrected chi connectivity index (χ2v) is 6.28. The molecule has 1 saturated heterocycles. The fraction of sp³-hybridized carbons (Fsp3) is 0.350. The van der Waals surface area contributed by atoms with Crippen molar-refractivity contribution in [2.24, 2.45) is 0 Å². The standard InChI is InChI=1S/C20H24FN3O2/c1-2-26-19-8-6-18(7-9-19)22-20(25)24-12-10-23(11-13-24)15-16-4-3-5-17(21)14-16/h3-9,14H,2,10-13,15H2,1H3,(H,22,25). The zero-order chi connectivity index (χ0) is 18.4. The molecule has 1 heterocycles. The predicted molar refractivity (Wildman–Crippen MR) is 99.9 cm³/mol. The van der Waals surface area contributed by atoms with Crippen molar-refractivity contribution in [3.8, 4) is 5.75 Å². The summed E-state index contributed by atoms with van der Waals surface area (Å²) >= 11 is 0. The van der Waals surface area contributed by atoms with Crippen LogP contribution in [0.4, 0.5) is 14.9 Å². The molecule has 138 valence electrons. The van der Waals surface area contributed by atoms with E-state index in [4.69, 9.17) is 4.74 Å². The Morgan fingerprint density at radius 3 is 2.50 bits per heavy atom. The number of ether oxygens (including phenoxy) is 1. The van der Waals surface area contributed by atoms with Crippen LogP contribution in [0.25, 0.3) is 0 Å². The van der Waals surface area contributed by atoms with Crippen LogP contribution in [0.5, 0.6) is 5.75 Å². The van der Waals surface area contributed by atoms with Gasteiger partial charge in [0.05, 0.1) is 6.61 Å². The van der Waals surface area contributed by atoms with Gasteiger partial charge in [0.2, 0.25) is 0 Å². The van der Waals surface area contributed by atoms with Gasteiger partial charge in [0.15, 0.2) is 0 Å². The Bertz CT molecular complexity index is 728. The molecule has 0 unspecified atom stereocenters. The van der Waals surface area contributed by atoms with E-state index in [9.17, 15) is 9.18 Å². The summed E-state index contributed by atoms with van der Waals surface area (Å²) < 4.78 is 18.7. The van der Waals surface area contributed by atoms with Gasteiger partial charge >= 0.3 is 6.03 Å². The Kier molecular flexibility index (Phi) is 6.07. The van der Waals surface area contributed by atoms with Crippen molar-refractivity contribution in [2.75, 3.05) is 38.1 Å². The number of benzene rings is 2. The summed E-state index contributed by atoms with van der Waals surface area (Å²) in [5.41, 5.74) is 1.71. The van der Waals surface area contributed by atoms with Crippen LogP contribution in [-0.4, -0.2) is 48.6 Å². The molecule has 5 nitrogen and oxygen atoms in total. The number of carbonyl (C=O) groups is 1. The maximum absolute atomic E-state index is 13.3. The van der Waals surface area contributed by atoms with Crippen molar-refractivity contribution in [3.63, 3.8) is 0 Å². The zero-order valence-corrected chi connectivity index (χ0v) is 15.0. The molecule has 0 aliphatic carbocycles. The molecule has 6 heteroatoms. The largest absolute Gasteiger partial charge is 0.494 e. The van der Waals surface area contributed by atoms with Gasteiger partial charge in [-0.15, -0.1) is 0 Å². The van der Waals surface area contributed by atoms with Gasteiger partial charge in [-0.3, -0.25) is 4.90 Å². The van der Waals surface area contributed by atoms with Gasteiger partial charge in [-0.25, -0.2) is 9.18 Å². The lowest BCUT2D eigenvalue weighted by atomic mass is 10.2. The van der Waals surface area contributed by atoms with Crippen LogP contribution >= 0.6 is 0 Å². The minimum atomic E-state index is -0.212. The molecule has 2 aromatic carbocycles. The number of rotatable bonds is 5. The van der Waals surface area contributed by atoms with Crippen LogP contribution in [0, 0.1) is 5.82 Å². The fourth-order valence-corrected chi connectivity index (χ4v) is 3.01. The SMILES string of the molecule is CCOc1ccc(NC(=O)N2CCN(Cc3cccc(F)c3)CC2)cc1. The van der Waals surface area contributed by atoms with Crippen LogP contribution in [0.2, 0.25) is 0 Å². The van der Waals surface area contributed by atoms with Gasteiger partial charge in [0.1, 0.15) is 11.6 Å². The van der Waals surface area contributed by atoms with Crippen molar-refractivity contribution < 1.29 is 13.9 Å². The summed E-state index contributed by atoms with van der Waals surface area (Å²) in [5.74, 6) is 0.576. The highest BCUT2D eigenvalue weighted by Crippen LogP contribution is 2.17. The third-order valence-electron chi connectivity index (χ3n) is 4.37. The number of urea groups is 1. The lowest BCUT2D eigenvalue weighted by Crippen LogP contribution is -2.49. The van der Waals surface area contributed by atoms with Crippen LogP contribution in [0.3, 0.4) is 0 Å². The van der Waals surface area contributed by atoms with Crippen LogP contribution < -0.4 is 10.1 Å². The van der Waals surface area contributed by atoms with Crippen LogP contribution in [0.15, 0.2) is 48.5 Å². The molecule has 0 spiro atoms. The highest BCUT2D eigenvalue weighted by Gasteiger charge is 2.21. The van der Waals surface area contributed by atoms with E-state index in [1.165, 1.54) is 6.07 Å². The molecule has 0 atom stereocenters. The number of halogens is 1. The first kappa shape index (κ1) is 18.2. The maximum atomic E-state index is 13.3. The third-order valence-corrected chi connectivity index (χ3v) is 4.37. The fourth-order valence-electron chi connectivity index (χ4n) is 3.01. The minimum Gasteiger partial charge on any atom is -0.494 e. The normalized spacial score (nSPS) is 14.9. The highest BCUT2D eigenvalue weighted by atomic mass is 19.1. The molecule has 0 bridgehead atoms. The van der Waals surface area contributed by atoms with Gasteiger partial charge in [0.25, 0.3) is 0 Å². The topological polar surface area (TPSA) is 44.8 Å². The second-order valence-electron chi connectivity index (χ2n) is 6.28. The smallest absolute Gasteiger partial charge is 0.321 e. The van der Waals surface area contributed by atoms with E-state index in [0.717, 1.165) is 30.1 Å². The number of amides is 2. The van der Waals surface area contributed by atoms with E-state index in [1.54, 1.807) is 17.0 Å². The Balaban J connectivity index is 1.47. The van der Waals surface area contributed by atoms with Crippen LogP contribution in [0.1, 0.15) is 12.5 Å². The number of anilines is 1. The molecule has 1 N–H and O–H groups in total. The average molecular weight is 357 g/mol. The third kappa shape index (κ3) is 4.95. The van der Waals surface area contributed by atoms with E-state index in [-0.39, 0.29) is 11.8 Å². The van der Waals surface area contributed by atoms with Gasteiger partial charge in [0, 0.05) is 38.4 Å². The van der Waals surface area contributed by atoms with Crippen molar-refractivity contribution >= 4 is 11.7 Å². The molecular weight excluding hydrogens is 333 g/mol. The lowest BCUT2D eigenvalue weighted by Gasteiger charge is -2.34. The van der Waals surface area contributed by atoms with E-state index >= 15 is 0 Å². The van der Waals surface area contributed by atoms with Crippen molar-refractivity contribution in [2.45, 2.75) is 13.5 Å². The summed E-state index contributed by atoms with van der Waals surface area (Å²) in [6.07, 6.45) is 0. The molecule has 0 saturated carbocycles. The number of nitrogens with zero attached hydrogens (tertiary/aromatic N) is 2. The van der Waals surface area contributed by atoms with Crippen LogP contribution in [-0.2, 0) is 6.54 Å². The van der Waals surface area contributed by atoms with Crippen molar-refractivity contribution in [1.82, 2.24) is 9.80 Å². The Labute approximate surface area is 153 Å². The molecule has 2 amide bonds. The summed E-state index contributed by atoms with van der Waals surface area (Å²) in [5, 5.41) is 2.92. The Hall–Kier alpha value is -2.60. The first-order valence-electron chi connectivity index (χ1n) is 8.89. The van der Waals surface area contributed by atoms with Gasteiger partial charge in [-0.2, -0.15) is 0 Å². The highest BCUT2D eigenvalue weighted by molar-refractivity contribution is 5.89. The molecule has 3 rings (SSSR count). The number of nitrogens with one attached hydrogen (secondary N) is 1. The predicted octanol–water partition coefficient (Wildman–Crippen LogP) is 3.57. The number of hydrogen-bond acceptors (Lipinski definition) is 3. The zero-order valence-electron chi connectivity index (χ0n) is 15.0. The van der Waals surface area contributed by atoms with Gasteiger partial charge in [-0.05, 0) is 48.9 Å². The number of carbonyl (C=O) groups excluding carboxylic acids is 1. The second kappa shape index (κ2) is 8.67. The molecule has 0 aromatic heterocycles. The summed E-state index contributed by atoms with van der Waals surface area (Å²) in [6, 6.07) is 13.9. The molecule has 0 radical (unpaired) electrons. The quantitative estimate of drug-likeness (QED) is 0.890. The molecule has 1 fully saturated rings. The lowest BCUT2D eigenvalue weighted by molar-refractivity contribution is 0.143. The first-order chi connectivity index (χ1) is 12.6. The molecular formula is C20H24FN3O2. The molecule has 1 aliphatic rings. The Morgan fingerprint density at radius 1 is 1.12 bits per heavy atom. The number of hydrogen-bond donors (Lipinski definition) is 1. The summed E-state index contributed by atoms with van der Waals surface area (Å²) in [6.45, 7) is 6.10. The van der Waals surface area contributed by atoms with E-state index in [0.29, 0.717) is 26.2 Å². The molecule has 1 aliphatic heterocycles. The molecule has 2 aromatic rings. The van der Waals surface area contributed by atoms with Crippen molar-refractivity contribution in [1.29, 1.82) is 0 Å². The first-order valence-corrected chi connectivity index (χ1v) is 8.89. The summed E-state index contributed by atoms with van der Waals surface area (Å²) in [7, 11) is 0. The van der Waals surface area contributed by atoms with E-state index in [2.05, 4.69) is 10.2 Å². The van der Waals surface area contributed by atoms with Crippen molar-refractivity contribution in [3.05, 3.63) is 59.9 Å². The van der Waals surface area contributed by atoms with E-state index in [1.807, 2.05) is 37.3 Å². The monoisotopic (exact) mass is 357 g/mol. The number of piperazine rings is 1. The Morgan fingerprint density at radius 2 is 1.85 bits per heavy atom. The van der Waals surface area contributed by atoms with Gasteiger partial charge < -0.3 is 15.0 Å². The van der Waals surface area contributed by atoms with Gasteiger partial charge in [-0.1, -0.05) is 12.1 Å².